The number of anilines is 1. The lowest BCUT2D eigenvalue weighted by molar-refractivity contribution is -0.116. The highest BCUT2D eigenvalue weighted by atomic mass is 16.1. The van der Waals surface area contributed by atoms with Crippen LogP contribution in [-0.2, 0) is 4.79 Å². The fourth-order valence-electron chi connectivity index (χ4n) is 0.803. The summed E-state index contributed by atoms with van der Waals surface area (Å²) in [6.45, 7) is 0.151. The molecule has 64 valence electrons. The van der Waals surface area contributed by atoms with Crippen molar-refractivity contribution in [3.8, 4) is 0 Å². The summed E-state index contributed by atoms with van der Waals surface area (Å²) in [6, 6.07) is 0. The molecule has 2 N–H and O–H groups in total. The van der Waals surface area contributed by atoms with Gasteiger partial charge >= 0.3 is 0 Å². The standard InChI is InChI=1S/C7H10N4O/c1-11(5-6(8)12)7-4-9-2-3-10-7/h2-4H,5H2,1H3,(H2,8,12). The molecule has 0 fully saturated rings. The molecule has 0 spiro atoms. The van der Waals surface area contributed by atoms with E-state index in [4.69, 9.17) is 5.73 Å². The van der Waals surface area contributed by atoms with Crippen molar-refractivity contribution < 1.29 is 4.79 Å². The van der Waals surface area contributed by atoms with Crippen molar-refractivity contribution in [2.24, 2.45) is 5.73 Å². The van der Waals surface area contributed by atoms with Crippen LogP contribution in [-0.4, -0.2) is 29.5 Å². The first-order chi connectivity index (χ1) is 5.70. The molecule has 5 heteroatoms. The van der Waals surface area contributed by atoms with Crippen LogP contribution in [0.15, 0.2) is 18.6 Å². The molecule has 0 unspecified atom stereocenters. The van der Waals surface area contributed by atoms with Gasteiger partial charge in [-0.15, -0.1) is 0 Å². The van der Waals surface area contributed by atoms with Crippen molar-refractivity contribution >= 4 is 11.7 Å². The van der Waals surface area contributed by atoms with Gasteiger partial charge in [0.1, 0.15) is 5.82 Å². The van der Waals surface area contributed by atoms with E-state index in [0.29, 0.717) is 5.82 Å². The van der Waals surface area contributed by atoms with Crippen LogP contribution in [0, 0.1) is 0 Å². The van der Waals surface area contributed by atoms with Gasteiger partial charge in [-0.25, -0.2) is 4.98 Å². The second-order valence-electron chi connectivity index (χ2n) is 2.39. The minimum absolute atomic E-state index is 0.151. The van der Waals surface area contributed by atoms with Gasteiger partial charge in [-0.1, -0.05) is 0 Å². The van der Waals surface area contributed by atoms with Crippen LogP contribution in [0.25, 0.3) is 0 Å². The lowest BCUT2D eigenvalue weighted by Crippen LogP contribution is -2.31. The Balaban J connectivity index is 2.65. The van der Waals surface area contributed by atoms with E-state index in [9.17, 15) is 4.79 Å². The molecule has 0 atom stereocenters. The van der Waals surface area contributed by atoms with Crippen molar-refractivity contribution in [3.63, 3.8) is 0 Å². The van der Waals surface area contributed by atoms with Crippen molar-refractivity contribution in [1.29, 1.82) is 0 Å². The van der Waals surface area contributed by atoms with Crippen molar-refractivity contribution in [2.75, 3.05) is 18.5 Å². The number of aromatic nitrogens is 2. The van der Waals surface area contributed by atoms with Gasteiger partial charge in [0.25, 0.3) is 0 Å². The fourth-order valence-corrected chi connectivity index (χ4v) is 0.803. The summed E-state index contributed by atoms with van der Waals surface area (Å²) in [6.07, 6.45) is 4.71. The smallest absolute Gasteiger partial charge is 0.236 e. The largest absolute Gasteiger partial charge is 0.368 e. The summed E-state index contributed by atoms with van der Waals surface area (Å²) >= 11 is 0. The summed E-state index contributed by atoms with van der Waals surface area (Å²) < 4.78 is 0. The van der Waals surface area contributed by atoms with Gasteiger partial charge in [-0.2, -0.15) is 0 Å². The maximum atomic E-state index is 10.5. The molecule has 0 aliphatic heterocycles. The van der Waals surface area contributed by atoms with E-state index in [1.807, 2.05) is 0 Å². The molecule has 0 radical (unpaired) electrons. The zero-order valence-corrected chi connectivity index (χ0v) is 6.77. The third-order valence-electron chi connectivity index (χ3n) is 1.33. The predicted molar refractivity (Wildman–Crippen MR) is 44.5 cm³/mol. The first-order valence-electron chi connectivity index (χ1n) is 3.45. The minimum atomic E-state index is -0.386. The normalized spacial score (nSPS) is 9.42. The zero-order chi connectivity index (χ0) is 8.97. The molecular weight excluding hydrogens is 156 g/mol. The summed E-state index contributed by atoms with van der Waals surface area (Å²) in [5, 5.41) is 0. The van der Waals surface area contributed by atoms with Gasteiger partial charge in [-0.3, -0.25) is 9.78 Å². The van der Waals surface area contributed by atoms with Crippen LogP contribution in [0.1, 0.15) is 0 Å². The van der Waals surface area contributed by atoms with Crippen molar-refractivity contribution in [3.05, 3.63) is 18.6 Å². The Bertz CT molecular complexity index is 261. The Morgan fingerprint density at radius 1 is 1.67 bits per heavy atom. The highest BCUT2D eigenvalue weighted by Gasteiger charge is 2.03. The summed E-state index contributed by atoms with van der Waals surface area (Å²) in [5.41, 5.74) is 5.00. The molecule has 0 bridgehead atoms. The monoisotopic (exact) mass is 166 g/mol. The molecule has 1 amide bonds. The molecule has 0 aromatic carbocycles. The molecule has 1 rings (SSSR count). The number of nitrogens with two attached hydrogens (primary N) is 1. The second kappa shape index (κ2) is 3.66. The number of amides is 1. The summed E-state index contributed by atoms with van der Waals surface area (Å²) in [4.78, 5) is 20.0. The molecule has 0 aliphatic rings. The van der Waals surface area contributed by atoms with Gasteiger partial charge < -0.3 is 10.6 Å². The Morgan fingerprint density at radius 3 is 2.92 bits per heavy atom. The Morgan fingerprint density at radius 2 is 2.42 bits per heavy atom. The third kappa shape index (κ3) is 2.19. The van der Waals surface area contributed by atoms with E-state index in [1.165, 1.54) is 0 Å². The van der Waals surface area contributed by atoms with E-state index < -0.39 is 0 Å². The van der Waals surface area contributed by atoms with Crippen LogP contribution in [0.2, 0.25) is 0 Å². The molecule has 0 saturated heterocycles. The molecule has 1 heterocycles. The maximum Gasteiger partial charge on any atom is 0.236 e. The Labute approximate surface area is 70.2 Å². The van der Waals surface area contributed by atoms with Crippen molar-refractivity contribution in [2.45, 2.75) is 0 Å². The van der Waals surface area contributed by atoms with Gasteiger partial charge in [-0.05, 0) is 0 Å². The van der Waals surface area contributed by atoms with Gasteiger partial charge in [0, 0.05) is 19.4 Å². The van der Waals surface area contributed by atoms with Gasteiger partial charge in [0.05, 0.1) is 12.7 Å². The van der Waals surface area contributed by atoms with E-state index in [1.54, 1.807) is 30.5 Å². The number of nitrogens with zero attached hydrogens (tertiary/aromatic N) is 3. The first kappa shape index (κ1) is 8.45. The molecule has 0 aliphatic carbocycles. The molecular formula is C7H10N4O. The van der Waals surface area contributed by atoms with Crippen molar-refractivity contribution in [1.82, 2.24) is 9.97 Å². The number of hydrogen-bond donors (Lipinski definition) is 1. The van der Waals surface area contributed by atoms with Crippen LogP contribution < -0.4 is 10.6 Å². The maximum absolute atomic E-state index is 10.5. The van der Waals surface area contributed by atoms with Gasteiger partial charge in [0.2, 0.25) is 5.91 Å². The highest BCUT2D eigenvalue weighted by Crippen LogP contribution is 2.02. The van der Waals surface area contributed by atoms with Crippen LogP contribution in [0.3, 0.4) is 0 Å². The topological polar surface area (TPSA) is 72.1 Å². The summed E-state index contributed by atoms with van der Waals surface area (Å²) in [5.74, 6) is 0.249. The molecule has 5 nitrogen and oxygen atoms in total. The number of likely N-dealkylation sites (N-methyl/N-ethyl adjacent to an activating group) is 1. The van der Waals surface area contributed by atoms with Crippen LogP contribution in [0.4, 0.5) is 5.82 Å². The molecule has 1 aromatic heterocycles. The van der Waals surface area contributed by atoms with E-state index in [2.05, 4.69) is 9.97 Å². The number of hydrogen-bond acceptors (Lipinski definition) is 4. The SMILES string of the molecule is CN(CC(N)=O)c1cnccn1. The minimum Gasteiger partial charge on any atom is -0.368 e. The fraction of sp³-hybridized carbons (Fsp3) is 0.286. The van der Waals surface area contributed by atoms with Gasteiger partial charge in [0.15, 0.2) is 0 Å². The number of carbonyl (C=O) groups excluding carboxylic acids is 1. The van der Waals surface area contributed by atoms with Crippen LogP contribution >= 0.6 is 0 Å². The Hall–Kier alpha value is -1.65. The average Bonchev–Trinajstić information content (AvgIpc) is 2.05. The predicted octanol–water partition coefficient (Wildman–Crippen LogP) is -0.602. The lowest BCUT2D eigenvalue weighted by Gasteiger charge is -2.14. The quantitative estimate of drug-likeness (QED) is 0.650. The van der Waals surface area contributed by atoms with E-state index in [-0.39, 0.29) is 12.5 Å². The van der Waals surface area contributed by atoms with E-state index >= 15 is 0 Å². The zero-order valence-electron chi connectivity index (χ0n) is 6.77. The van der Waals surface area contributed by atoms with E-state index in [0.717, 1.165) is 0 Å². The molecule has 1 aromatic rings. The first-order valence-corrected chi connectivity index (χ1v) is 3.45. The number of carbonyl (C=O) groups is 1. The third-order valence-corrected chi connectivity index (χ3v) is 1.33. The number of primary amides is 1. The highest BCUT2D eigenvalue weighted by molar-refractivity contribution is 5.78. The second-order valence-corrected chi connectivity index (χ2v) is 2.39. The Kier molecular flexibility index (Phi) is 2.57. The average molecular weight is 166 g/mol. The van der Waals surface area contributed by atoms with Crippen LogP contribution in [0.5, 0.6) is 0 Å². The molecule has 0 saturated carbocycles. The number of rotatable bonds is 3. The molecule has 12 heavy (non-hydrogen) atoms. The lowest BCUT2D eigenvalue weighted by atomic mass is 10.5. The summed E-state index contributed by atoms with van der Waals surface area (Å²) in [7, 11) is 1.73.